The third-order valence-electron chi connectivity index (χ3n) is 7.22. The van der Waals surface area contributed by atoms with Gasteiger partial charge in [0.1, 0.15) is 5.82 Å². The van der Waals surface area contributed by atoms with E-state index in [1.165, 1.54) is 36.2 Å². The minimum atomic E-state index is -0.324. The standard InChI is InChI=1S/C28H30FNOS/c1-17-14-28(2,3)15-22-23(17)24(20-12-13-32-16-20)25(26(30-22)18-6-4-5-7-18)27(31)19-8-10-21(29)11-9-19/h8-13,16-18H,4-7,14-15H2,1-3H3/t17-/m0/s1. The first-order chi connectivity index (χ1) is 15.3. The average molecular weight is 448 g/mol. The lowest BCUT2D eigenvalue weighted by Crippen LogP contribution is -2.28. The van der Waals surface area contributed by atoms with Crippen LogP contribution in [-0.4, -0.2) is 10.8 Å². The normalized spacial score (nSPS) is 20.3. The van der Waals surface area contributed by atoms with E-state index in [0.717, 1.165) is 48.1 Å². The van der Waals surface area contributed by atoms with Gasteiger partial charge in [0, 0.05) is 22.7 Å². The van der Waals surface area contributed by atoms with Crippen LogP contribution in [0.4, 0.5) is 4.39 Å². The predicted molar refractivity (Wildman–Crippen MR) is 129 cm³/mol. The van der Waals surface area contributed by atoms with Crippen LogP contribution in [0.25, 0.3) is 11.1 Å². The summed E-state index contributed by atoms with van der Waals surface area (Å²) in [7, 11) is 0. The van der Waals surface area contributed by atoms with Crippen LogP contribution in [0.2, 0.25) is 0 Å². The summed E-state index contributed by atoms with van der Waals surface area (Å²) in [5, 5.41) is 4.24. The number of halogens is 1. The third-order valence-corrected chi connectivity index (χ3v) is 7.91. The lowest BCUT2D eigenvalue weighted by Gasteiger charge is -2.37. The Bertz CT molecular complexity index is 1140. The maximum absolute atomic E-state index is 14.0. The third kappa shape index (κ3) is 3.83. The zero-order valence-corrected chi connectivity index (χ0v) is 19.9. The highest BCUT2D eigenvalue weighted by Gasteiger charge is 2.37. The molecule has 0 aliphatic heterocycles. The summed E-state index contributed by atoms with van der Waals surface area (Å²) in [6, 6.07) is 8.11. The second-order valence-corrected chi connectivity index (χ2v) is 11.2. The van der Waals surface area contributed by atoms with Crippen LogP contribution in [0.3, 0.4) is 0 Å². The molecule has 1 atom stereocenters. The molecule has 0 unspecified atom stereocenters. The van der Waals surface area contributed by atoms with Crippen molar-refractivity contribution in [2.45, 2.75) is 71.1 Å². The van der Waals surface area contributed by atoms with Crippen molar-refractivity contribution in [3.05, 3.63) is 75.0 Å². The van der Waals surface area contributed by atoms with E-state index in [2.05, 4.69) is 37.6 Å². The molecule has 0 radical (unpaired) electrons. The van der Waals surface area contributed by atoms with Gasteiger partial charge >= 0.3 is 0 Å². The summed E-state index contributed by atoms with van der Waals surface area (Å²) < 4.78 is 13.6. The second-order valence-electron chi connectivity index (χ2n) is 10.4. The monoisotopic (exact) mass is 447 g/mol. The van der Waals surface area contributed by atoms with Crippen molar-refractivity contribution in [2.75, 3.05) is 0 Å². The topological polar surface area (TPSA) is 30.0 Å². The number of rotatable bonds is 4. The summed E-state index contributed by atoms with van der Waals surface area (Å²) in [6.45, 7) is 6.93. The number of benzene rings is 1. The zero-order valence-electron chi connectivity index (χ0n) is 19.1. The molecule has 32 heavy (non-hydrogen) atoms. The first-order valence-corrected chi connectivity index (χ1v) is 12.7. The first kappa shape index (κ1) is 21.5. The van der Waals surface area contributed by atoms with Crippen molar-refractivity contribution in [1.82, 2.24) is 4.98 Å². The smallest absolute Gasteiger partial charge is 0.195 e. The minimum absolute atomic E-state index is 0.0274. The number of thiophene rings is 1. The summed E-state index contributed by atoms with van der Waals surface area (Å²) in [4.78, 5) is 19.3. The Morgan fingerprint density at radius 2 is 1.84 bits per heavy atom. The number of carbonyl (C=O) groups is 1. The van der Waals surface area contributed by atoms with Gasteiger partial charge in [-0.1, -0.05) is 33.6 Å². The number of hydrogen-bond donors (Lipinski definition) is 0. The molecule has 1 aromatic carbocycles. The molecule has 0 saturated heterocycles. The van der Waals surface area contributed by atoms with E-state index in [1.54, 1.807) is 23.5 Å². The van der Waals surface area contributed by atoms with Gasteiger partial charge in [0.25, 0.3) is 0 Å². The summed E-state index contributed by atoms with van der Waals surface area (Å²) >= 11 is 1.66. The van der Waals surface area contributed by atoms with E-state index in [-0.39, 0.29) is 17.0 Å². The zero-order chi connectivity index (χ0) is 22.5. The summed E-state index contributed by atoms with van der Waals surface area (Å²) in [6.07, 6.45) is 6.54. The van der Waals surface area contributed by atoms with Gasteiger partial charge in [0.2, 0.25) is 0 Å². The first-order valence-electron chi connectivity index (χ1n) is 11.7. The SMILES string of the molecule is C[C@H]1CC(C)(C)Cc2nc(C3CCCC3)c(C(=O)c3ccc(F)cc3)c(-c3ccsc3)c21. The van der Waals surface area contributed by atoms with Crippen LogP contribution in [0.5, 0.6) is 0 Å². The van der Waals surface area contributed by atoms with Gasteiger partial charge in [-0.2, -0.15) is 11.3 Å². The molecular weight excluding hydrogens is 417 g/mol. The summed E-state index contributed by atoms with van der Waals surface area (Å²) in [5.41, 5.74) is 7.07. The number of nitrogens with zero attached hydrogens (tertiary/aromatic N) is 1. The fourth-order valence-electron chi connectivity index (χ4n) is 5.97. The highest BCUT2D eigenvalue weighted by molar-refractivity contribution is 7.08. The van der Waals surface area contributed by atoms with Crippen molar-refractivity contribution in [3.8, 4) is 11.1 Å². The largest absolute Gasteiger partial charge is 0.289 e. The Balaban J connectivity index is 1.81. The molecule has 1 saturated carbocycles. The molecule has 2 aromatic heterocycles. The minimum Gasteiger partial charge on any atom is -0.289 e. The molecule has 4 heteroatoms. The number of ketones is 1. The molecule has 0 amide bonds. The fourth-order valence-corrected chi connectivity index (χ4v) is 6.61. The lowest BCUT2D eigenvalue weighted by molar-refractivity contribution is 0.103. The Labute approximate surface area is 193 Å². The number of hydrogen-bond acceptors (Lipinski definition) is 3. The highest BCUT2D eigenvalue weighted by Crippen LogP contribution is 2.49. The van der Waals surface area contributed by atoms with E-state index in [1.807, 2.05) is 0 Å². The Morgan fingerprint density at radius 3 is 2.50 bits per heavy atom. The molecular formula is C28H30FNOS. The molecule has 2 heterocycles. The fraction of sp³-hybridized carbons (Fsp3) is 0.429. The quantitative estimate of drug-likeness (QED) is 0.380. The molecule has 166 valence electrons. The van der Waals surface area contributed by atoms with Gasteiger partial charge in [-0.3, -0.25) is 9.78 Å². The Hall–Kier alpha value is -2.33. The van der Waals surface area contributed by atoms with Crippen LogP contribution in [0.1, 0.15) is 97.6 Å². The second kappa shape index (κ2) is 8.22. The van der Waals surface area contributed by atoms with Crippen molar-refractivity contribution in [1.29, 1.82) is 0 Å². The average Bonchev–Trinajstić information content (AvgIpc) is 3.46. The molecule has 5 rings (SSSR count). The molecule has 0 N–H and O–H groups in total. The maximum atomic E-state index is 14.0. The highest BCUT2D eigenvalue weighted by atomic mass is 32.1. The number of fused-ring (bicyclic) bond motifs is 1. The van der Waals surface area contributed by atoms with Crippen molar-refractivity contribution < 1.29 is 9.18 Å². The van der Waals surface area contributed by atoms with Gasteiger partial charge in [-0.25, -0.2) is 4.39 Å². The molecule has 1 fully saturated rings. The van der Waals surface area contributed by atoms with E-state index in [9.17, 15) is 9.18 Å². The predicted octanol–water partition coefficient (Wildman–Crippen LogP) is 7.91. The molecule has 2 nitrogen and oxygen atoms in total. The molecule has 0 bridgehead atoms. The van der Waals surface area contributed by atoms with Gasteiger partial charge in [-0.15, -0.1) is 0 Å². The lowest BCUT2D eigenvalue weighted by atomic mass is 9.68. The van der Waals surface area contributed by atoms with Gasteiger partial charge in [0.15, 0.2) is 5.78 Å². The van der Waals surface area contributed by atoms with Gasteiger partial charge < -0.3 is 0 Å². The van der Waals surface area contributed by atoms with Gasteiger partial charge in [-0.05, 0) is 89.2 Å². The van der Waals surface area contributed by atoms with E-state index < -0.39 is 0 Å². The van der Waals surface area contributed by atoms with Crippen LogP contribution >= 0.6 is 11.3 Å². The molecule has 2 aliphatic carbocycles. The van der Waals surface area contributed by atoms with Gasteiger partial charge in [0.05, 0.1) is 11.3 Å². The van der Waals surface area contributed by atoms with E-state index >= 15 is 0 Å². The van der Waals surface area contributed by atoms with Crippen LogP contribution < -0.4 is 0 Å². The Kier molecular flexibility index (Phi) is 5.53. The van der Waals surface area contributed by atoms with Crippen molar-refractivity contribution >= 4 is 17.1 Å². The Morgan fingerprint density at radius 1 is 1.12 bits per heavy atom. The number of aromatic nitrogens is 1. The molecule has 2 aliphatic rings. The molecule has 3 aromatic rings. The number of pyridine rings is 1. The van der Waals surface area contributed by atoms with Crippen molar-refractivity contribution in [3.63, 3.8) is 0 Å². The molecule has 0 spiro atoms. The van der Waals surface area contributed by atoms with E-state index in [0.29, 0.717) is 17.4 Å². The van der Waals surface area contributed by atoms with Crippen LogP contribution in [0, 0.1) is 11.2 Å². The maximum Gasteiger partial charge on any atom is 0.195 e. The number of carbonyl (C=O) groups excluding carboxylic acids is 1. The van der Waals surface area contributed by atoms with Crippen molar-refractivity contribution in [2.24, 2.45) is 5.41 Å². The van der Waals surface area contributed by atoms with Crippen LogP contribution in [0.15, 0.2) is 41.1 Å². The summed E-state index contributed by atoms with van der Waals surface area (Å²) in [5.74, 6) is 0.293. The van der Waals surface area contributed by atoms with E-state index in [4.69, 9.17) is 4.98 Å². The van der Waals surface area contributed by atoms with Crippen LogP contribution in [-0.2, 0) is 6.42 Å².